The first kappa shape index (κ1) is 12.4. The molecule has 0 aromatic heterocycles. The standard InChI is InChI=1S/C6H11NO6S2/c8-6(9)3-7-15(12,13)5-1-2-14(10,11)4-5/h5,7H,1-4H2,(H,8,9)/t5-/m0/s1. The molecule has 9 heteroatoms. The highest BCUT2D eigenvalue weighted by molar-refractivity contribution is 7.95. The van der Waals surface area contributed by atoms with Gasteiger partial charge in [-0.15, -0.1) is 0 Å². The Labute approximate surface area is 87.4 Å². The lowest BCUT2D eigenvalue weighted by molar-refractivity contribution is -0.135. The second-order valence-corrected chi connectivity index (χ2v) is 7.56. The average molecular weight is 257 g/mol. The summed E-state index contributed by atoms with van der Waals surface area (Å²) < 4.78 is 46.7. The Morgan fingerprint density at radius 2 is 2.07 bits per heavy atom. The summed E-state index contributed by atoms with van der Waals surface area (Å²) in [4.78, 5) is 10.1. The number of carboxylic acids is 1. The molecule has 0 aromatic carbocycles. The lowest BCUT2D eigenvalue weighted by atomic mass is 10.4. The number of carbonyl (C=O) groups is 1. The average Bonchev–Trinajstić information content (AvgIpc) is 2.43. The second kappa shape index (κ2) is 4.06. The summed E-state index contributed by atoms with van der Waals surface area (Å²) in [5.41, 5.74) is 0. The van der Waals surface area contributed by atoms with Crippen molar-refractivity contribution >= 4 is 25.8 Å². The van der Waals surface area contributed by atoms with Gasteiger partial charge in [-0.3, -0.25) is 4.79 Å². The van der Waals surface area contributed by atoms with Crippen molar-refractivity contribution in [2.75, 3.05) is 18.1 Å². The van der Waals surface area contributed by atoms with Gasteiger partial charge in [0.25, 0.3) is 0 Å². The summed E-state index contributed by atoms with van der Waals surface area (Å²) in [6.07, 6.45) is 0.0251. The van der Waals surface area contributed by atoms with Crippen LogP contribution >= 0.6 is 0 Å². The van der Waals surface area contributed by atoms with E-state index in [0.717, 1.165) is 0 Å². The molecule has 0 unspecified atom stereocenters. The van der Waals surface area contributed by atoms with Crippen molar-refractivity contribution in [3.8, 4) is 0 Å². The van der Waals surface area contributed by atoms with Gasteiger partial charge < -0.3 is 5.11 Å². The van der Waals surface area contributed by atoms with Gasteiger partial charge in [-0.2, -0.15) is 0 Å². The fraction of sp³-hybridized carbons (Fsp3) is 0.833. The molecule has 88 valence electrons. The van der Waals surface area contributed by atoms with Gasteiger partial charge in [-0.1, -0.05) is 0 Å². The SMILES string of the molecule is O=C(O)CNS(=O)(=O)[C@H]1CCS(=O)(=O)C1. The van der Waals surface area contributed by atoms with Crippen molar-refractivity contribution < 1.29 is 26.7 Å². The Balaban J connectivity index is 2.68. The molecule has 1 heterocycles. The summed E-state index contributed by atoms with van der Waals surface area (Å²) in [6.45, 7) is -0.723. The van der Waals surface area contributed by atoms with Gasteiger partial charge in [0.2, 0.25) is 10.0 Å². The Morgan fingerprint density at radius 1 is 1.47 bits per heavy atom. The minimum Gasteiger partial charge on any atom is -0.480 e. The van der Waals surface area contributed by atoms with E-state index in [1.54, 1.807) is 0 Å². The van der Waals surface area contributed by atoms with E-state index in [9.17, 15) is 21.6 Å². The number of nitrogens with one attached hydrogen (secondary N) is 1. The predicted octanol–water partition coefficient (Wildman–Crippen LogP) is -1.82. The molecule has 15 heavy (non-hydrogen) atoms. The number of hydrogen-bond acceptors (Lipinski definition) is 5. The minimum absolute atomic E-state index is 0.0251. The Morgan fingerprint density at radius 3 is 2.47 bits per heavy atom. The van der Waals surface area contributed by atoms with E-state index in [4.69, 9.17) is 5.11 Å². The van der Waals surface area contributed by atoms with Gasteiger partial charge in [0.15, 0.2) is 9.84 Å². The van der Waals surface area contributed by atoms with E-state index >= 15 is 0 Å². The van der Waals surface area contributed by atoms with Crippen molar-refractivity contribution in [1.82, 2.24) is 4.72 Å². The zero-order valence-corrected chi connectivity index (χ0v) is 9.34. The van der Waals surface area contributed by atoms with Crippen molar-refractivity contribution in [1.29, 1.82) is 0 Å². The highest BCUT2D eigenvalue weighted by Gasteiger charge is 2.37. The Bertz CT molecular complexity index is 450. The third-order valence-corrected chi connectivity index (χ3v) is 5.86. The molecule has 0 aliphatic carbocycles. The fourth-order valence-corrected chi connectivity index (χ4v) is 5.31. The maximum absolute atomic E-state index is 11.4. The van der Waals surface area contributed by atoms with Crippen LogP contribution in [0.3, 0.4) is 0 Å². The first-order chi connectivity index (χ1) is 6.73. The lowest BCUT2D eigenvalue weighted by Crippen LogP contribution is -2.37. The minimum atomic E-state index is -3.84. The van der Waals surface area contributed by atoms with Crippen LogP contribution in [-0.2, 0) is 24.7 Å². The van der Waals surface area contributed by atoms with Crippen LogP contribution < -0.4 is 4.72 Å². The Kier molecular flexibility index (Phi) is 3.36. The summed E-state index contributed by atoms with van der Waals surface area (Å²) >= 11 is 0. The van der Waals surface area contributed by atoms with E-state index in [-0.39, 0.29) is 12.2 Å². The molecule has 0 saturated carbocycles. The van der Waals surface area contributed by atoms with Crippen molar-refractivity contribution in [2.24, 2.45) is 0 Å². The predicted molar refractivity (Wildman–Crippen MR) is 51.6 cm³/mol. The van der Waals surface area contributed by atoms with Crippen LogP contribution in [-0.4, -0.2) is 51.2 Å². The van der Waals surface area contributed by atoms with E-state index in [1.165, 1.54) is 0 Å². The largest absolute Gasteiger partial charge is 0.480 e. The highest BCUT2D eigenvalue weighted by atomic mass is 32.2. The number of carboxylic acid groups (broad SMARTS) is 1. The first-order valence-corrected chi connectivity index (χ1v) is 7.50. The van der Waals surface area contributed by atoms with Crippen molar-refractivity contribution in [3.05, 3.63) is 0 Å². The summed E-state index contributed by atoms with van der Waals surface area (Å²) in [6, 6.07) is 0. The zero-order chi connectivity index (χ0) is 11.7. The molecule has 0 spiro atoms. The van der Waals surface area contributed by atoms with Crippen LogP contribution in [0.5, 0.6) is 0 Å². The van der Waals surface area contributed by atoms with Crippen LogP contribution in [0.15, 0.2) is 0 Å². The molecule has 1 aliphatic rings. The third kappa shape index (κ3) is 3.43. The molecule has 0 amide bonds. The lowest BCUT2D eigenvalue weighted by Gasteiger charge is -2.09. The molecule has 1 aliphatic heterocycles. The summed E-state index contributed by atoms with van der Waals surface area (Å²) in [5.74, 6) is -1.90. The summed E-state index contributed by atoms with van der Waals surface area (Å²) in [5, 5.41) is 7.25. The molecular formula is C6H11NO6S2. The molecule has 7 nitrogen and oxygen atoms in total. The van der Waals surface area contributed by atoms with Crippen LogP contribution in [0.2, 0.25) is 0 Å². The molecule has 1 atom stereocenters. The van der Waals surface area contributed by atoms with Crippen molar-refractivity contribution in [3.63, 3.8) is 0 Å². The van der Waals surface area contributed by atoms with Gasteiger partial charge in [-0.25, -0.2) is 21.6 Å². The summed E-state index contributed by atoms with van der Waals surface area (Å²) in [7, 11) is -7.12. The number of sulfone groups is 1. The topological polar surface area (TPSA) is 118 Å². The van der Waals surface area contributed by atoms with Crippen LogP contribution in [0.4, 0.5) is 0 Å². The van der Waals surface area contributed by atoms with Crippen LogP contribution in [0, 0.1) is 0 Å². The molecule has 1 fully saturated rings. The van der Waals surface area contributed by atoms with E-state index < -0.39 is 43.4 Å². The van der Waals surface area contributed by atoms with Crippen LogP contribution in [0.25, 0.3) is 0 Å². The quantitative estimate of drug-likeness (QED) is 0.612. The smallest absolute Gasteiger partial charge is 0.318 e. The van der Waals surface area contributed by atoms with Crippen molar-refractivity contribution in [2.45, 2.75) is 11.7 Å². The van der Waals surface area contributed by atoms with E-state index in [1.807, 2.05) is 4.72 Å². The first-order valence-electron chi connectivity index (χ1n) is 4.14. The van der Waals surface area contributed by atoms with E-state index in [0.29, 0.717) is 0 Å². The normalized spacial score (nSPS) is 25.2. The Hall–Kier alpha value is -0.670. The van der Waals surface area contributed by atoms with Gasteiger partial charge in [0.1, 0.15) is 6.54 Å². The third-order valence-electron chi connectivity index (χ3n) is 2.05. The molecule has 0 bridgehead atoms. The molecule has 0 radical (unpaired) electrons. The maximum atomic E-state index is 11.4. The number of rotatable bonds is 4. The molecule has 2 N–H and O–H groups in total. The van der Waals surface area contributed by atoms with Crippen LogP contribution in [0.1, 0.15) is 6.42 Å². The maximum Gasteiger partial charge on any atom is 0.318 e. The second-order valence-electron chi connectivity index (χ2n) is 3.28. The molecule has 1 saturated heterocycles. The fourth-order valence-electron chi connectivity index (χ4n) is 1.29. The van der Waals surface area contributed by atoms with Gasteiger partial charge >= 0.3 is 5.97 Å². The number of sulfonamides is 1. The van der Waals surface area contributed by atoms with E-state index in [2.05, 4.69) is 0 Å². The van der Waals surface area contributed by atoms with Gasteiger partial charge in [-0.05, 0) is 6.42 Å². The highest BCUT2D eigenvalue weighted by Crippen LogP contribution is 2.17. The molecular weight excluding hydrogens is 246 g/mol. The monoisotopic (exact) mass is 257 g/mol. The zero-order valence-electron chi connectivity index (χ0n) is 7.71. The van der Waals surface area contributed by atoms with Gasteiger partial charge in [0, 0.05) is 0 Å². The number of hydrogen-bond donors (Lipinski definition) is 2. The molecule has 0 aromatic rings. The number of aliphatic carboxylic acids is 1. The van der Waals surface area contributed by atoms with Gasteiger partial charge in [0.05, 0.1) is 16.8 Å². The molecule has 1 rings (SSSR count).